The Kier molecular flexibility index (Phi) is 5.08. The van der Waals surface area contributed by atoms with Gasteiger partial charge in [-0.25, -0.2) is 4.52 Å². The Balaban J connectivity index is 1.53. The lowest BCUT2D eigenvalue weighted by Crippen LogP contribution is -2.13. The van der Waals surface area contributed by atoms with Crippen molar-refractivity contribution in [2.24, 2.45) is 5.92 Å². The molecule has 2 aromatic carbocycles. The minimum absolute atomic E-state index is 0.269. The summed E-state index contributed by atoms with van der Waals surface area (Å²) >= 11 is 1.48. The van der Waals surface area contributed by atoms with Crippen LogP contribution < -0.4 is 10.1 Å². The molecule has 0 fully saturated rings. The first-order valence-electron chi connectivity index (χ1n) is 9.04. The molecule has 6 nitrogen and oxygen atoms in total. The summed E-state index contributed by atoms with van der Waals surface area (Å²) in [7, 11) is 0. The minimum atomic E-state index is -0.269. The maximum absolute atomic E-state index is 12.6. The first-order valence-corrected chi connectivity index (χ1v) is 9.92. The van der Waals surface area contributed by atoms with Gasteiger partial charge in [0.1, 0.15) is 5.75 Å². The molecule has 0 aliphatic carbocycles. The van der Waals surface area contributed by atoms with Gasteiger partial charge in [0.05, 0.1) is 12.3 Å². The number of aromatic nitrogens is 3. The Morgan fingerprint density at radius 1 is 1.18 bits per heavy atom. The highest BCUT2D eigenvalue weighted by molar-refractivity contribution is 7.15. The van der Waals surface area contributed by atoms with Crippen LogP contribution in [0.5, 0.6) is 5.75 Å². The molecule has 0 spiro atoms. The van der Waals surface area contributed by atoms with Gasteiger partial charge in [-0.05, 0) is 24.1 Å². The zero-order valence-corrected chi connectivity index (χ0v) is 16.4. The number of hydrogen-bond donors (Lipinski definition) is 1. The quantitative estimate of drug-likeness (QED) is 0.514. The third-order valence-corrected chi connectivity index (χ3v) is 4.87. The molecular formula is C21H20N4O2S. The number of carbonyl (C=O) groups is 1. The highest BCUT2D eigenvalue weighted by Crippen LogP contribution is 2.25. The van der Waals surface area contributed by atoms with Crippen LogP contribution in [0.4, 0.5) is 5.95 Å². The number of rotatable bonds is 6. The van der Waals surface area contributed by atoms with Crippen molar-refractivity contribution in [3.8, 4) is 17.0 Å². The molecule has 0 saturated heterocycles. The van der Waals surface area contributed by atoms with E-state index in [2.05, 4.69) is 29.2 Å². The Morgan fingerprint density at radius 3 is 2.79 bits per heavy atom. The number of anilines is 1. The van der Waals surface area contributed by atoms with E-state index in [-0.39, 0.29) is 11.9 Å². The summed E-state index contributed by atoms with van der Waals surface area (Å²) < 4.78 is 7.44. The monoisotopic (exact) mass is 392 g/mol. The number of thiazole rings is 1. The van der Waals surface area contributed by atoms with Gasteiger partial charge in [0.15, 0.2) is 0 Å². The Hall–Kier alpha value is -3.19. The summed E-state index contributed by atoms with van der Waals surface area (Å²) in [6, 6.07) is 17.1. The van der Waals surface area contributed by atoms with Crippen LogP contribution in [0.25, 0.3) is 16.2 Å². The maximum atomic E-state index is 12.6. The van der Waals surface area contributed by atoms with Crippen LogP contribution in [0.15, 0.2) is 60.0 Å². The van der Waals surface area contributed by atoms with Crippen molar-refractivity contribution in [3.63, 3.8) is 0 Å². The SMILES string of the molecule is CC(C)COc1cccc(C(=O)Nc2nc3scc(-c4ccccc4)n3n2)c1. The molecule has 1 N–H and O–H groups in total. The molecule has 0 radical (unpaired) electrons. The molecule has 0 aliphatic rings. The lowest BCUT2D eigenvalue weighted by molar-refractivity contribution is 0.102. The molecule has 28 heavy (non-hydrogen) atoms. The van der Waals surface area contributed by atoms with E-state index in [1.165, 1.54) is 11.3 Å². The number of amides is 1. The number of nitrogens with one attached hydrogen (secondary N) is 1. The van der Waals surface area contributed by atoms with Crippen LogP contribution in [0.3, 0.4) is 0 Å². The first-order chi connectivity index (χ1) is 13.6. The second-order valence-electron chi connectivity index (χ2n) is 6.80. The molecule has 0 unspecified atom stereocenters. The Morgan fingerprint density at radius 2 is 2.00 bits per heavy atom. The van der Waals surface area contributed by atoms with E-state index in [1.807, 2.05) is 41.8 Å². The molecule has 4 rings (SSSR count). The summed E-state index contributed by atoms with van der Waals surface area (Å²) in [6.07, 6.45) is 0. The molecule has 4 aromatic rings. The minimum Gasteiger partial charge on any atom is -0.493 e. The molecule has 142 valence electrons. The molecule has 0 atom stereocenters. The average Bonchev–Trinajstić information content (AvgIpc) is 3.27. The summed E-state index contributed by atoms with van der Waals surface area (Å²) in [6.45, 7) is 4.76. The molecule has 2 aromatic heterocycles. The lowest BCUT2D eigenvalue weighted by Gasteiger charge is -2.09. The lowest BCUT2D eigenvalue weighted by atomic mass is 10.2. The molecule has 0 bridgehead atoms. The van der Waals surface area contributed by atoms with Crippen LogP contribution in [0.2, 0.25) is 0 Å². The standard InChI is InChI=1S/C21H20N4O2S/c1-14(2)12-27-17-10-6-9-16(11-17)19(26)22-20-23-21-25(24-20)18(13-28-21)15-7-4-3-5-8-15/h3-11,13-14H,12H2,1-2H3,(H,22,24,26). The molecule has 7 heteroatoms. The zero-order valence-electron chi connectivity index (χ0n) is 15.6. The van der Waals surface area contributed by atoms with Crippen LogP contribution in [-0.4, -0.2) is 27.1 Å². The van der Waals surface area contributed by atoms with Crippen molar-refractivity contribution >= 4 is 28.2 Å². The van der Waals surface area contributed by atoms with E-state index in [4.69, 9.17) is 4.74 Å². The largest absolute Gasteiger partial charge is 0.493 e. The fraction of sp³-hybridized carbons (Fsp3) is 0.190. The number of fused-ring (bicyclic) bond motifs is 1. The highest BCUT2D eigenvalue weighted by atomic mass is 32.1. The fourth-order valence-corrected chi connectivity index (χ4v) is 3.54. The van der Waals surface area contributed by atoms with E-state index in [0.29, 0.717) is 23.8 Å². The third kappa shape index (κ3) is 3.89. The average molecular weight is 392 g/mol. The second-order valence-corrected chi connectivity index (χ2v) is 7.64. The number of nitrogens with zero attached hydrogens (tertiary/aromatic N) is 3. The number of benzene rings is 2. The molecular weight excluding hydrogens is 372 g/mol. The van der Waals surface area contributed by atoms with Gasteiger partial charge in [-0.2, -0.15) is 4.98 Å². The van der Waals surface area contributed by atoms with Gasteiger partial charge in [-0.1, -0.05) is 50.2 Å². The fourth-order valence-electron chi connectivity index (χ4n) is 2.71. The zero-order chi connectivity index (χ0) is 19.5. The van der Waals surface area contributed by atoms with E-state index < -0.39 is 0 Å². The van der Waals surface area contributed by atoms with E-state index in [9.17, 15) is 4.79 Å². The highest BCUT2D eigenvalue weighted by Gasteiger charge is 2.14. The van der Waals surface area contributed by atoms with Crippen molar-refractivity contribution in [1.82, 2.24) is 14.6 Å². The van der Waals surface area contributed by atoms with Crippen molar-refractivity contribution < 1.29 is 9.53 Å². The van der Waals surface area contributed by atoms with Crippen molar-refractivity contribution in [2.75, 3.05) is 11.9 Å². The van der Waals surface area contributed by atoms with Crippen LogP contribution in [0.1, 0.15) is 24.2 Å². The maximum Gasteiger partial charge on any atom is 0.258 e. The van der Waals surface area contributed by atoms with Gasteiger partial charge in [0, 0.05) is 16.5 Å². The molecule has 0 aliphatic heterocycles. The Bertz CT molecular complexity index is 1100. The smallest absolute Gasteiger partial charge is 0.258 e. The van der Waals surface area contributed by atoms with Crippen molar-refractivity contribution in [2.45, 2.75) is 13.8 Å². The Labute approximate surface area is 166 Å². The van der Waals surface area contributed by atoms with Gasteiger partial charge >= 0.3 is 0 Å². The van der Waals surface area contributed by atoms with Crippen LogP contribution in [0, 0.1) is 5.92 Å². The molecule has 1 amide bonds. The van der Waals surface area contributed by atoms with Crippen LogP contribution in [-0.2, 0) is 0 Å². The van der Waals surface area contributed by atoms with Gasteiger partial charge in [0.25, 0.3) is 11.9 Å². The van der Waals surface area contributed by atoms with Gasteiger partial charge < -0.3 is 4.74 Å². The number of hydrogen-bond acceptors (Lipinski definition) is 5. The number of ether oxygens (including phenoxy) is 1. The summed E-state index contributed by atoms with van der Waals surface area (Å²) in [5.74, 6) is 1.10. The molecule has 2 heterocycles. The van der Waals surface area contributed by atoms with Crippen molar-refractivity contribution in [1.29, 1.82) is 0 Å². The summed E-state index contributed by atoms with van der Waals surface area (Å²) in [5, 5.41) is 9.23. The second kappa shape index (κ2) is 7.82. The normalized spacial score (nSPS) is 11.1. The predicted octanol–water partition coefficient (Wildman–Crippen LogP) is 4.74. The number of carbonyl (C=O) groups excluding carboxylic acids is 1. The van der Waals surface area contributed by atoms with Gasteiger partial charge in [-0.15, -0.1) is 16.4 Å². The van der Waals surface area contributed by atoms with Crippen molar-refractivity contribution in [3.05, 3.63) is 65.5 Å². The van der Waals surface area contributed by atoms with Crippen LogP contribution >= 0.6 is 11.3 Å². The van der Waals surface area contributed by atoms with Gasteiger partial charge in [-0.3, -0.25) is 10.1 Å². The summed E-state index contributed by atoms with van der Waals surface area (Å²) in [4.78, 5) is 17.7. The predicted molar refractivity (Wildman–Crippen MR) is 111 cm³/mol. The topological polar surface area (TPSA) is 68.5 Å². The third-order valence-electron chi connectivity index (χ3n) is 4.06. The summed E-state index contributed by atoms with van der Waals surface area (Å²) in [5.41, 5.74) is 2.49. The van der Waals surface area contributed by atoms with Gasteiger partial charge in [0.2, 0.25) is 4.96 Å². The van der Waals surface area contributed by atoms with E-state index in [0.717, 1.165) is 16.2 Å². The van der Waals surface area contributed by atoms with E-state index in [1.54, 1.807) is 22.7 Å². The first kappa shape index (κ1) is 18.2. The van der Waals surface area contributed by atoms with E-state index >= 15 is 0 Å². The molecule has 0 saturated carbocycles.